The number of fused-ring (bicyclic) bond motifs is 1. The molecule has 0 bridgehead atoms. The highest BCUT2D eigenvalue weighted by Crippen LogP contribution is 2.42. The molecule has 308 valence electrons. The molecule has 3 aromatic carbocycles. The van der Waals surface area contributed by atoms with E-state index in [0.29, 0.717) is 62.8 Å². The smallest absolute Gasteiger partial charge is 0.234 e. The Morgan fingerprint density at radius 3 is 2.34 bits per heavy atom. The summed E-state index contributed by atoms with van der Waals surface area (Å²) in [4.78, 5) is 49.6. The van der Waals surface area contributed by atoms with Crippen LogP contribution in [-0.4, -0.2) is 103 Å². The van der Waals surface area contributed by atoms with Crippen LogP contribution in [0.15, 0.2) is 71.6 Å². The number of hydrogen-bond donors (Lipinski definition) is 3. The molecule has 3 fully saturated rings. The van der Waals surface area contributed by atoms with Gasteiger partial charge in [-0.15, -0.1) is 0 Å². The molecule has 14 nitrogen and oxygen atoms in total. The van der Waals surface area contributed by atoms with E-state index in [2.05, 4.69) is 92.7 Å². The Balaban J connectivity index is 0.863. The van der Waals surface area contributed by atoms with Gasteiger partial charge in [0.1, 0.15) is 24.2 Å². The number of amides is 2. The zero-order valence-electron chi connectivity index (χ0n) is 33.9. The molecule has 3 N–H and O–H groups in total. The van der Waals surface area contributed by atoms with Crippen LogP contribution in [0.1, 0.15) is 42.7 Å². The number of benzene rings is 3. The summed E-state index contributed by atoms with van der Waals surface area (Å²) in [5.74, 6) is 1.62. The van der Waals surface area contributed by atoms with Crippen molar-refractivity contribution in [2.45, 2.75) is 38.5 Å². The van der Waals surface area contributed by atoms with Crippen molar-refractivity contribution in [1.82, 2.24) is 30.2 Å². The van der Waals surface area contributed by atoms with Gasteiger partial charge in [-0.05, 0) is 103 Å². The van der Waals surface area contributed by atoms with Gasteiger partial charge in [0.2, 0.25) is 17.8 Å². The molecule has 2 aromatic heterocycles. The van der Waals surface area contributed by atoms with Crippen LogP contribution in [0.25, 0.3) is 11.0 Å². The maximum absolute atomic E-state index is 13.5. The van der Waals surface area contributed by atoms with Gasteiger partial charge in [0.15, 0.2) is 0 Å². The van der Waals surface area contributed by atoms with Crippen molar-refractivity contribution in [2.75, 3.05) is 86.7 Å². The van der Waals surface area contributed by atoms with Crippen molar-refractivity contribution >= 4 is 85.7 Å². The number of halogens is 1. The molecule has 0 aliphatic carbocycles. The van der Waals surface area contributed by atoms with E-state index in [1.54, 1.807) is 39.0 Å². The van der Waals surface area contributed by atoms with E-state index in [0.717, 1.165) is 81.2 Å². The number of anilines is 6. The molecule has 8 rings (SSSR count). The maximum atomic E-state index is 13.5. The number of carbonyl (C=O) groups excluding carboxylic acids is 2. The molecule has 1 atom stereocenters. The number of carbonyl (C=O) groups is 2. The molecular formula is C43H50BrN10O4P. The third-order valence-corrected chi connectivity index (χ3v) is 13.8. The first-order valence-electron chi connectivity index (χ1n) is 20.1. The number of piperidine rings is 2. The predicted molar refractivity (Wildman–Crippen MR) is 238 cm³/mol. The number of nitrogens with zero attached hydrogens (tertiary/aromatic N) is 7. The van der Waals surface area contributed by atoms with Crippen molar-refractivity contribution in [2.24, 2.45) is 5.92 Å². The largest absolute Gasteiger partial charge is 0.494 e. The third-order valence-electron chi connectivity index (χ3n) is 11.7. The van der Waals surface area contributed by atoms with Crippen LogP contribution in [-0.2, 0) is 14.2 Å². The van der Waals surface area contributed by atoms with E-state index >= 15 is 0 Å². The zero-order chi connectivity index (χ0) is 41.3. The van der Waals surface area contributed by atoms with Gasteiger partial charge in [-0.3, -0.25) is 29.8 Å². The summed E-state index contributed by atoms with van der Waals surface area (Å²) in [6.07, 6.45) is 8.18. The molecule has 0 spiro atoms. The number of methoxy groups -OCH3 is 1. The van der Waals surface area contributed by atoms with Gasteiger partial charge < -0.3 is 29.7 Å². The fourth-order valence-corrected chi connectivity index (χ4v) is 10.2. The second-order valence-corrected chi connectivity index (χ2v) is 20.0. The molecular weight excluding hydrogens is 831 g/mol. The van der Waals surface area contributed by atoms with E-state index in [1.165, 1.54) is 5.69 Å². The van der Waals surface area contributed by atoms with Gasteiger partial charge in [0, 0.05) is 88.3 Å². The minimum atomic E-state index is -2.76. The molecule has 5 heterocycles. The average molecular weight is 882 g/mol. The molecule has 3 aliphatic heterocycles. The van der Waals surface area contributed by atoms with E-state index in [9.17, 15) is 14.2 Å². The van der Waals surface area contributed by atoms with E-state index in [4.69, 9.17) is 9.72 Å². The van der Waals surface area contributed by atoms with Crippen LogP contribution in [0.2, 0.25) is 0 Å². The normalized spacial score (nSPS) is 18.2. The lowest BCUT2D eigenvalue weighted by molar-refractivity contribution is -0.134. The lowest BCUT2D eigenvalue weighted by Crippen LogP contribution is -2.49. The number of ether oxygens (including phenoxy) is 1. The Morgan fingerprint density at radius 2 is 1.63 bits per heavy atom. The summed E-state index contributed by atoms with van der Waals surface area (Å²) in [6.45, 7) is 12.6. The van der Waals surface area contributed by atoms with Gasteiger partial charge in [-0.25, -0.2) is 4.98 Å². The van der Waals surface area contributed by atoms with Gasteiger partial charge in [0.25, 0.3) is 0 Å². The number of aryl methyl sites for hydroxylation is 1. The van der Waals surface area contributed by atoms with Gasteiger partial charge in [-0.1, -0.05) is 12.1 Å². The lowest BCUT2D eigenvalue weighted by atomic mass is 9.90. The summed E-state index contributed by atoms with van der Waals surface area (Å²) in [7, 11) is -1.09. The van der Waals surface area contributed by atoms with E-state index < -0.39 is 7.14 Å². The van der Waals surface area contributed by atoms with E-state index in [-0.39, 0.29) is 17.7 Å². The average Bonchev–Trinajstić information content (AvgIpc) is 3.22. The monoisotopic (exact) mass is 880 g/mol. The molecule has 16 heteroatoms. The number of nitrogens with one attached hydrogen (secondary N) is 3. The van der Waals surface area contributed by atoms with Crippen molar-refractivity contribution in [1.29, 1.82) is 0 Å². The fraction of sp³-hybridized carbons (Fsp3) is 0.395. The van der Waals surface area contributed by atoms with Crippen LogP contribution in [0.4, 0.5) is 34.5 Å². The first kappa shape index (κ1) is 40.7. The number of rotatable bonds is 11. The Labute approximate surface area is 353 Å². The zero-order valence-corrected chi connectivity index (χ0v) is 36.4. The fourth-order valence-electron chi connectivity index (χ4n) is 8.55. The summed E-state index contributed by atoms with van der Waals surface area (Å²) in [5.41, 5.74) is 7.12. The molecule has 3 aliphatic rings. The highest BCUT2D eigenvalue weighted by molar-refractivity contribution is 9.10. The van der Waals surface area contributed by atoms with Crippen LogP contribution < -0.4 is 35.8 Å². The number of piperazine rings is 1. The Hall–Kier alpha value is -5.11. The number of aromatic nitrogens is 4. The van der Waals surface area contributed by atoms with Gasteiger partial charge in [-0.2, -0.15) is 4.98 Å². The Bertz CT molecular complexity index is 2410. The predicted octanol–water partition coefficient (Wildman–Crippen LogP) is 6.79. The topological polar surface area (TPSA) is 158 Å². The highest BCUT2D eigenvalue weighted by Gasteiger charge is 2.29. The standard InChI is InChI=1S/C43H50BrN10O4P/c1-27-23-35(49-43-47-25-32(44)41(51-43)48-34-11-10-33-39(46-16-15-45-33)40(34)59(3,4)57)37(58-2)24-36(27)54-21-19-52(20-22-54)26-28-13-17-53(18-14-28)30-7-5-29(6-8-30)31-9-12-38(55)50-42(31)56/h5-8,10-11,15-16,23-25,28,31H,9,12-14,17-22,26H2,1-4H3,(H,50,55,56)(H2,47,48,49,51). The molecule has 3 saturated heterocycles. The van der Waals surface area contributed by atoms with Crippen molar-refractivity contribution in [3.05, 3.63) is 82.7 Å². The van der Waals surface area contributed by atoms with Crippen molar-refractivity contribution < 1.29 is 18.9 Å². The Kier molecular flexibility index (Phi) is 11.9. The molecule has 5 aromatic rings. The van der Waals surface area contributed by atoms with Crippen LogP contribution in [0.5, 0.6) is 5.75 Å². The minimum Gasteiger partial charge on any atom is -0.494 e. The summed E-state index contributed by atoms with van der Waals surface area (Å²) in [5, 5.41) is 9.82. The van der Waals surface area contributed by atoms with Crippen LogP contribution in [0.3, 0.4) is 0 Å². The summed E-state index contributed by atoms with van der Waals surface area (Å²) < 4.78 is 20.0. The van der Waals surface area contributed by atoms with Crippen molar-refractivity contribution in [3.8, 4) is 5.75 Å². The molecule has 2 amide bonds. The minimum absolute atomic E-state index is 0.181. The summed E-state index contributed by atoms with van der Waals surface area (Å²) >= 11 is 3.59. The van der Waals surface area contributed by atoms with E-state index in [1.807, 2.05) is 24.3 Å². The van der Waals surface area contributed by atoms with Gasteiger partial charge in [0.05, 0.1) is 39.7 Å². The molecule has 0 radical (unpaired) electrons. The highest BCUT2D eigenvalue weighted by atomic mass is 79.9. The second kappa shape index (κ2) is 17.2. The molecule has 59 heavy (non-hydrogen) atoms. The number of imide groups is 1. The third kappa shape index (κ3) is 9.07. The maximum Gasteiger partial charge on any atom is 0.234 e. The van der Waals surface area contributed by atoms with Crippen LogP contribution in [0, 0.1) is 12.8 Å². The first-order valence-corrected chi connectivity index (χ1v) is 23.5. The lowest BCUT2D eigenvalue weighted by Gasteiger charge is -2.40. The number of hydrogen-bond acceptors (Lipinski definition) is 13. The Morgan fingerprint density at radius 1 is 0.881 bits per heavy atom. The summed E-state index contributed by atoms with van der Waals surface area (Å²) in [6, 6.07) is 16.2. The van der Waals surface area contributed by atoms with Crippen molar-refractivity contribution in [3.63, 3.8) is 0 Å². The molecule has 0 saturated carbocycles. The first-order chi connectivity index (χ1) is 28.4. The quantitative estimate of drug-likeness (QED) is 0.0942. The second-order valence-electron chi connectivity index (χ2n) is 16.0. The SMILES string of the molecule is COc1cc(N2CCN(CC3CCN(c4ccc(C5CCC(=O)NC5=O)cc4)CC3)CC2)c(C)cc1Nc1ncc(Br)c(Nc2ccc3nccnc3c2P(C)(C)=O)n1. The molecule has 1 unspecified atom stereocenters. The van der Waals surface area contributed by atoms with Gasteiger partial charge >= 0.3 is 0 Å². The van der Waals surface area contributed by atoms with Crippen LogP contribution >= 0.6 is 23.1 Å².